The first kappa shape index (κ1) is 15.2. The molecule has 118 valence electrons. The Hall–Kier alpha value is -1.67. The summed E-state index contributed by atoms with van der Waals surface area (Å²) in [5.74, 6) is 1.23. The van der Waals surface area contributed by atoms with Crippen LogP contribution in [0.25, 0.3) is 0 Å². The maximum Gasteiger partial charge on any atom is 0.285 e. The molecule has 22 heavy (non-hydrogen) atoms. The van der Waals surface area contributed by atoms with Crippen molar-refractivity contribution in [3.8, 4) is 0 Å². The summed E-state index contributed by atoms with van der Waals surface area (Å²) in [7, 11) is 0. The molecule has 0 atom stereocenters. The molecule has 9 heteroatoms. The van der Waals surface area contributed by atoms with Gasteiger partial charge in [-0.1, -0.05) is 25.4 Å². The minimum Gasteiger partial charge on any atom is -0.365 e. The zero-order valence-electron chi connectivity index (χ0n) is 12.4. The number of piperazine rings is 1. The van der Waals surface area contributed by atoms with Crippen molar-refractivity contribution in [3.63, 3.8) is 0 Å². The third kappa shape index (κ3) is 2.93. The van der Waals surface area contributed by atoms with Gasteiger partial charge in [0.2, 0.25) is 5.13 Å². The van der Waals surface area contributed by atoms with Crippen LogP contribution in [0.3, 0.4) is 0 Å². The highest BCUT2D eigenvalue weighted by Gasteiger charge is 2.22. The molecule has 1 N–H and O–H groups in total. The lowest BCUT2D eigenvalue weighted by molar-refractivity contribution is 0.648. The number of hydrogen-bond acceptors (Lipinski definition) is 7. The van der Waals surface area contributed by atoms with Gasteiger partial charge in [0.1, 0.15) is 10.8 Å². The second-order valence-electron chi connectivity index (χ2n) is 5.46. The van der Waals surface area contributed by atoms with Crippen molar-refractivity contribution in [2.75, 3.05) is 36.0 Å². The van der Waals surface area contributed by atoms with Gasteiger partial charge >= 0.3 is 0 Å². The zero-order valence-corrected chi connectivity index (χ0v) is 14.0. The van der Waals surface area contributed by atoms with E-state index in [1.165, 1.54) is 11.5 Å². The molecule has 0 bridgehead atoms. The van der Waals surface area contributed by atoms with Gasteiger partial charge in [0.15, 0.2) is 0 Å². The average Bonchev–Trinajstić information content (AvgIpc) is 3.00. The van der Waals surface area contributed by atoms with Crippen molar-refractivity contribution in [2.24, 2.45) is 0 Å². The summed E-state index contributed by atoms with van der Waals surface area (Å²) < 4.78 is 4.39. The number of nitrogens with one attached hydrogen (secondary N) is 1. The van der Waals surface area contributed by atoms with Gasteiger partial charge < -0.3 is 9.80 Å². The minimum absolute atomic E-state index is 0.196. The Bertz CT molecular complexity index is 707. The topological polar surface area (TPSA) is 78.0 Å². The van der Waals surface area contributed by atoms with E-state index in [1.807, 2.05) is 0 Å². The molecular formula is C13H17ClN6OS. The van der Waals surface area contributed by atoms with E-state index in [4.69, 9.17) is 11.6 Å². The monoisotopic (exact) mass is 340 g/mol. The molecule has 3 rings (SSSR count). The van der Waals surface area contributed by atoms with E-state index in [-0.39, 0.29) is 10.6 Å². The Morgan fingerprint density at radius 1 is 1.27 bits per heavy atom. The number of hydrogen-bond donors (Lipinski definition) is 1. The molecule has 0 amide bonds. The van der Waals surface area contributed by atoms with Crippen molar-refractivity contribution >= 4 is 34.0 Å². The number of anilines is 2. The second kappa shape index (κ2) is 6.21. The van der Waals surface area contributed by atoms with Crippen LogP contribution in [-0.2, 0) is 0 Å². The molecule has 0 aliphatic carbocycles. The molecular weight excluding hydrogens is 324 g/mol. The normalized spacial score (nSPS) is 15.6. The lowest BCUT2D eigenvalue weighted by atomic mass is 10.2. The van der Waals surface area contributed by atoms with Crippen molar-refractivity contribution in [2.45, 2.75) is 19.8 Å². The van der Waals surface area contributed by atoms with Gasteiger partial charge in [-0.25, -0.2) is 10.1 Å². The first-order valence-electron chi connectivity index (χ1n) is 7.13. The summed E-state index contributed by atoms with van der Waals surface area (Å²) in [5.41, 5.74) is 0.331. The summed E-state index contributed by atoms with van der Waals surface area (Å²) in [6.45, 7) is 7.34. The Labute approximate surface area is 137 Å². The molecule has 2 aromatic heterocycles. The van der Waals surface area contributed by atoms with Gasteiger partial charge in [0.05, 0.1) is 11.9 Å². The Kier molecular flexibility index (Phi) is 4.30. The van der Waals surface area contributed by atoms with Crippen LogP contribution in [0.15, 0.2) is 11.0 Å². The van der Waals surface area contributed by atoms with E-state index < -0.39 is 0 Å². The molecule has 0 spiro atoms. The van der Waals surface area contributed by atoms with Gasteiger partial charge in [0, 0.05) is 43.6 Å². The van der Waals surface area contributed by atoms with Crippen LogP contribution in [0.1, 0.15) is 25.6 Å². The highest BCUT2D eigenvalue weighted by Crippen LogP contribution is 2.25. The first-order valence-corrected chi connectivity index (χ1v) is 8.28. The largest absolute Gasteiger partial charge is 0.365 e. The smallest absolute Gasteiger partial charge is 0.285 e. The van der Waals surface area contributed by atoms with E-state index in [0.29, 0.717) is 11.6 Å². The fraction of sp³-hybridized carbons (Fsp3) is 0.538. The lowest BCUT2D eigenvalue weighted by Gasteiger charge is -2.35. The fourth-order valence-electron chi connectivity index (χ4n) is 2.32. The zero-order chi connectivity index (χ0) is 15.7. The SMILES string of the molecule is CC(C)c1nsc(N2CCN(c3cn[nH]c(=O)c3Cl)CC2)n1. The number of nitrogens with zero attached hydrogens (tertiary/aromatic N) is 5. The van der Waals surface area contributed by atoms with Gasteiger partial charge in [-0.2, -0.15) is 9.47 Å². The molecule has 7 nitrogen and oxygen atoms in total. The predicted molar refractivity (Wildman–Crippen MR) is 88.3 cm³/mol. The lowest BCUT2D eigenvalue weighted by Crippen LogP contribution is -2.47. The van der Waals surface area contributed by atoms with Crippen molar-refractivity contribution < 1.29 is 0 Å². The van der Waals surface area contributed by atoms with Crippen LogP contribution in [0.4, 0.5) is 10.8 Å². The molecule has 2 aromatic rings. The third-order valence-corrected chi connectivity index (χ3v) is 4.77. The Morgan fingerprint density at radius 3 is 2.59 bits per heavy atom. The van der Waals surface area contributed by atoms with Crippen molar-refractivity contribution in [1.29, 1.82) is 0 Å². The van der Waals surface area contributed by atoms with E-state index >= 15 is 0 Å². The Balaban J connectivity index is 1.69. The standard InChI is InChI=1S/C13H17ClN6OS/c1-8(2)11-16-13(22-18-11)20-5-3-19(4-6-20)9-7-15-17-12(21)10(9)14/h7-8H,3-6H2,1-2H3,(H,17,21). The van der Waals surface area contributed by atoms with Gasteiger partial charge in [-0.3, -0.25) is 4.79 Å². The summed E-state index contributed by atoms with van der Waals surface area (Å²) in [5, 5.41) is 7.31. The fourth-order valence-corrected chi connectivity index (χ4v) is 3.39. The number of halogens is 1. The number of rotatable bonds is 3. The van der Waals surface area contributed by atoms with E-state index in [2.05, 4.69) is 43.2 Å². The maximum atomic E-state index is 11.5. The van der Waals surface area contributed by atoms with E-state index in [0.717, 1.165) is 37.1 Å². The first-order chi connectivity index (χ1) is 10.6. The summed E-state index contributed by atoms with van der Waals surface area (Å²) in [6.07, 6.45) is 1.60. The van der Waals surface area contributed by atoms with Crippen LogP contribution < -0.4 is 15.4 Å². The van der Waals surface area contributed by atoms with Crippen LogP contribution in [-0.4, -0.2) is 45.7 Å². The molecule has 0 unspecified atom stereocenters. The minimum atomic E-state index is -0.354. The maximum absolute atomic E-state index is 11.5. The number of aromatic nitrogens is 4. The predicted octanol–water partition coefficient (Wildman–Crippen LogP) is 1.72. The van der Waals surface area contributed by atoms with Crippen LogP contribution in [0.2, 0.25) is 5.02 Å². The van der Waals surface area contributed by atoms with Gasteiger partial charge in [-0.05, 0) is 0 Å². The molecule has 1 aliphatic heterocycles. The van der Waals surface area contributed by atoms with Crippen molar-refractivity contribution in [1.82, 2.24) is 19.6 Å². The van der Waals surface area contributed by atoms with Gasteiger partial charge in [0.25, 0.3) is 5.56 Å². The van der Waals surface area contributed by atoms with E-state index in [1.54, 1.807) is 6.20 Å². The highest BCUT2D eigenvalue weighted by molar-refractivity contribution is 7.09. The van der Waals surface area contributed by atoms with Gasteiger partial charge in [-0.15, -0.1) is 0 Å². The van der Waals surface area contributed by atoms with Crippen LogP contribution >= 0.6 is 23.1 Å². The molecule has 3 heterocycles. The highest BCUT2D eigenvalue weighted by atomic mass is 35.5. The molecule has 0 aromatic carbocycles. The molecule has 1 fully saturated rings. The van der Waals surface area contributed by atoms with E-state index in [9.17, 15) is 4.79 Å². The van der Waals surface area contributed by atoms with Crippen LogP contribution in [0, 0.1) is 0 Å². The molecule has 1 aliphatic rings. The molecule has 0 radical (unpaired) electrons. The Morgan fingerprint density at radius 2 is 1.95 bits per heavy atom. The third-order valence-electron chi connectivity index (χ3n) is 3.62. The number of H-pyrrole nitrogens is 1. The summed E-state index contributed by atoms with van der Waals surface area (Å²) >= 11 is 7.50. The summed E-state index contributed by atoms with van der Waals surface area (Å²) in [6, 6.07) is 0. The van der Waals surface area contributed by atoms with Crippen molar-refractivity contribution in [3.05, 3.63) is 27.4 Å². The average molecular weight is 341 g/mol. The number of aromatic amines is 1. The van der Waals surface area contributed by atoms with Crippen LogP contribution in [0.5, 0.6) is 0 Å². The molecule has 0 saturated carbocycles. The molecule has 1 saturated heterocycles. The quantitative estimate of drug-likeness (QED) is 0.916. The second-order valence-corrected chi connectivity index (χ2v) is 6.57. The summed E-state index contributed by atoms with van der Waals surface area (Å²) in [4.78, 5) is 20.4.